The zero-order valence-corrected chi connectivity index (χ0v) is 20.7. The van der Waals surface area contributed by atoms with E-state index in [0.29, 0.717) is 5.75 Å². The number of para-hydroxylation sites is 1. The van der Waals surface area contributed by atoms with Gasteiger partial charge >= 0.3 is 0 Å². The van der Waals surface area contributed by atoms with E-state index >= 15 is 0 Å². The molecule has 0 aliphatic carbocycles. The maximum absolute atomic E-state index is 11.6. The van der Waals surface area contributed by atoms with Crippen LogP contribution >= 0.6 is 0 Å². The number of hydrogen-bond donors (Lipinski definition) is 2. The van der Waals surface area contributed by atoms with Gasteiger partial charge in [0.2, 0.25) is 0 Å². The summed E-state index contributed by atoms with van der Waals surface area (Å²) in [7, 11) is -9.73. The summed E-state index contributed by atoms with van der Waals surface area (Å²) in [5.41, 5.74) is 0.948. The first-order valence-electron chi connectivity index (χ1n) is 11.5. The molecular weight excluding hydrogens is 464 g/mol. The molecule has 0 aliphatic heterocycles. The molecule has 2 rings (SSSR count). The number of ether oxygens (including phenoxy) is 1. The van der Waals surface area contributed by atoms with Crippen LogP contribution in [0.15, 0.2) is 52.3 Å². The summed E-state index contributed by atoms with van der Waals surface area (Å²) in [6.07, 6.45) is 13.1. The van der Waals surface area contributed by atoms with E-state index in [2.05, 4.69) is 6.92 Å². The van der Waals surface area contributed by atoms with Gasteiger partial charge in [0.1, 0.15) is 21.3 Å². The lowest BCUT2D eigenvalue weighted by Crippen LogP contribution is -2.08. The number of rotatable bonds is 15. The van der Waals surface area contributed by atoms with Gasteiger partial charge in [-0.3, -0.25) is 9.11 Å². The number of aryl methyl sites for hydroxylation is 1. The van der Waals surface area contributed by atoms with Crippen molar-refractivity contribution in [1.29, 1.82) is 0 Å². The van der Waals surface area contributed by atoms with Gasteiger partial charge in [0.15, 0.2) is 0 Å². The lowest BCUT2D eigenvalue weighted by molar-refractivity contribution is 0.457. The molecule has 0 atom stereocenters. The molecule has 7 nitrogen and oxygen atoms in total. The van der Waals surface area contributed by atoms with Gasteiger partial charge < -0.3 is 4.74 Å². The molecule has 0 spiro atoms. The van der Waals surface area contributed by atoms with Crippen LogP contribution in [0.3, 0.4) is 0 Å². The first kappa shape index (κ1) is 27.3. The number of hydrogen-bond acceptors (Lipinski definition) is 5. The van der Waals surface area contributed by atoms with Crippen LogP contribution in [0.2, 0.25) is 0 Å². The molecule has 2 aromatic rings. The van der Waals surface area contributed by atoms with Crippen LogP contribution in [0.5, 0.6) is 11.5 Å². The summed E-state index contributed by atoms with van der Waals surface area (Å²) in [6, 6.07) is 10.4. The second kappa shape index (κ2) is 13.1. The van der Waals surface area contributed by atoms with Crippen molar-refractivity contribution in [2.45, 2.75) is 87.3 Å². The van der Waals surface area contributed by atoms with Crippen LogP contribution in [-0.4, -0.2) is 25.9 Å². The van der Waals surface area contributed by atoms with Crippen molar-refractivity contribution < 1.29 is 30.7 Å². The van der Waals surface area contributed by atoms with Crippen LogP contribution in [0.4, 0.5) is 0 Å². The van der Waals surface area contributed by atoms with E-state index in [1.165, 1.54) is 57.4 Å². The van der Waals surface area contributed by atoms with Crippen LogP contribution in [0.25, 0.3) is 0 Å². The summed E-state index contributed by atoms with van der Waals surface area (Å²) < 4.78 is 70.5. The van der Waals surface area contributed by atoms with Gasteiger partial charge in [-0.15, -0.1) is 0 Å². The highest BCUT2D eigenvalue weighted by atomic mass is 32.2. The second-order valence-electron chi connectivity index (χ2n) is 8.20. The molecule has 0 saturated heterocycles. The highest BCUT2D eigenvalue weighted by Gasteiger charge is 2.24. The predicted molar refractivity (Wildman–Crippen MR) is 128 cm³/mol. The number of unbranched alkanes of at least 4 members (excludes halogenated alkanes) is 9. The van der Waals surface area contributed by atoms with Gasteiger partial charge in [-0.05, 0) is 36.6 Å². The first-order chi connectivity index (χ1) is 15.6. The van der Waals surface area contributed by atoms with E-state index in [1.54, 1.807) is 12.1 Å². The molecule has 0 aromatic heterocycles. The molecule has 0 radical (unpaired) electrons. The highest BCUT2D eigenvalue weighted by molar-refractivity contribution is 7.89. The lowest BCUT2D eigenvalue weighted by atomic mass is 10.0. The fraction of sp³-hybridized carbons (Fsp3) is 0.500. The monoisotopic (exact) mass is 498 g/mol. The Kier molecular flexibility index (Phi) is 10.8. The Labute approximate surface area is 197 Å². The standard InChI is InChI=1S/C24H34O7S2/c1-2-3-4-5-6-7-8-9-10-11-14-20-15-12-13-16-22(20)31-21-17-18-23(32(25,26)27)24(19-21)33(28,29)30/h12-13,15-19H,2-11,14H2,1H3,(H,25,26,27)(H,28,29,30). The van der Waals surface area contributed by atoms with E-state index in [-0.39, 0.29) is 5.75 Å². The van der Waals surface area contributed by atoms with Crippen molar-refractivity contribution in [3.05, 3.63) is 48.0 Å². The summed E-state index contributed by atoms with van der Waals surface area (Å²) >= 11 is 0. The third kappa shape index (κ3) is 9.44. The van der Waals surface area contributed by atoms with Gasteiger partial charge in [-0.1, -0.05) is 82.9 Å². The average molecular weight is 499 g/mol. The Hall–Kier alpha value is -1.94. The van der Waals surface area contributed by atoms with Gasteiger partial charge in [-0.2, -0.15) is 16.8 Å². The van der Waals surface area contributed by atoms with Crippen LogP contribution < -0.4 is 4.74 Å². The van der Waals surface area contributed by atoms with E-state index in [0.717, 1.165) is 37.0 Å². The summed E-state index contributed by atoms with van der Waals surface area (Å²) in [4.78, 5) is -1.84. The summed E-state index contributed by atoms with van der Waals surface area (Å²) in [5.74, 6) is 0.555. The third-order valence-corrected chi connectivity index (χ3v) is 7.41. The quantitative estimate of drug-likeness (QED) is 0.214. The molecule has 0 unspecified atom stereocenters. The number of benzene rings is 2. The Morgan fingerprint density at radius 2 is 1.24 bits per heavy atom. The average Bonchev–Trinajstić information content (AvgIpc) is 2.75. The first-order valence-corrected chi connectivity index (χ1v) is 14.4. The van der Waals surface area contributed by atoms with Crippen LogP contribution in [0, 0.1) is 0 Å². The second-order valence-corrected chi connectivity index (χ2v) is 11.0. The normalized spacial score (nSPS) is 12.1. The minimum atomic E-state index is -4.89. The molecule has 2 N–H and O–H groups in total. The topological polar surface area (TPSA) is 118 Å². The van der Waals surface area contributed by atoms with Crippen LogP contribution in [0.1, 0.15) is 76.7 Å². The van der Waals surface area contributed by atoms with Crippen molar-refractivity contribution in [2.75, 3.05) is 0 Å². The fourth-order valence-electron chi connectivity index (χ4n) is 3.71. The molecule has 33 heavy (non-hydrogen) atoms. The maximum Gasteiger partial charge on any atom is 0.296 e. The van der Waals surface area contributed by atoms with Gasteiger partial charge in [-0.25, -0.2) is 0 Å². The molecular formula is C24H34O7S2. The van der Waals surface area contributed by atoms with Crippen molar-refractivity contribution in [3.63, 3.8) is 0 Å². The summed E-state index contributed by atoms with van der Waals surface area (Å²) in [5, 5.41) is 0. The van der Waals surface area contributed by atoms with Crippen LogP contribution in [-0.2, 0) is 26.7 Å². The van der Waals surface area contributed by atoms with Gasteiger partial charge in [0, 0.05) is 6.07 Å². The fourth-order valence-corrected chi connectivity index (χ4v) is 5.48. The SMILES string of the molecule is CCCCCCCCCCCCc1ccccc1Oc1ccc(S(=O)(=O)O)c(S(=O)(=O)O)c1. The van der Waals surface area contributed by atoms with Crippen molar-refractivity contribution in [1.82, 2.24) is 0 Å². The zero-order valence-electron chi connectivity index (χ0n) is 19.1. The van der Waals surface area contributed by atoms with Crippen molar-refractivity contribution in [3.8, 4) is 11.5 Å². The molecule has 2 aromatic carbocycles. The van der Waals surface area contributed by atoms with E-state index < -0.39 is 30.0 Å². The van der Waals surface area contributed by atoms with Gasteiger partial charge in [0.25, 0.3) is 20.2 Å². The molecule has 0 amide bonds. The molecule has 184 valence electrons. The third-order valence-electron chi connectivity index (χ3n) is 5.47. The Morgan fingerprint density at radius 3 is 1.82 bits per heavy atom. The van der Waals surface area contributed by atoms with Gasteiger partial charge in [0.05, 0.1) is 0 Å². The minimum absolute atomic E-state index is 0.0329. The van der Waals surface area contributed by atoms with Crippen molar-refractivity contribution in [2.24, 2.45) is 0 Å². The molecule has 0 heterocycles. The smallest absolute Gasteiger partial charge is 0.296 e. The Morgan fingerprint density at radius 1 is 0.697 bits per heavy atom. The Bertz CT molecular complexity index is 1090. The van der Waals surface area contributed by atoms with E-state index in [9.17, 15) is 25.9 Å². The lowest BCUT2D eigenvalue weighted by Gasteiger charge is -2.13. The zero-order chi connectivity index (χ0) is 24.3. The highest BCUT2D eigenvalue weighted by Crippen LogP contribution is 2.31. The maximum atomic E-state index is 11.6. The largest absolute Gasteiger partial charge is 0.457 e. The Balaban J connectivity index is 1.96. The molecule has 0 saturated carbocycles. The minimum Gasteiger partial charge on any atom is -0.457 e. The molecule has 0 bridgehead atoms. The molecule has 0 fully saturated rings. The predicted octanol–water partition coefficient (Wildman–Crippen LogP) is 6.44. The molecule has 0 aliphatic rings. The molecule has 9 heteroatoms. The van der Waals surface area contributed by atoms with E-state index in [1.807, 2.05) is 12.1 Å². The summed E-state index contributed by atoms with van der Waals surface area (Å²) in [6.45, 7) is 2.22. The van der Waals surface area contributed by atoms with Crippen molar-refractivity contribution >= 4 is 20.2 Å². The van der Waals surface area contributed by atoms with E-state index in [4.69, 9.17) is 4.74 Å².